The Bertz CT molecular complexity index is 465. The lowest BCUT2D eigenvalue weighted by Crippen LogP contribution is -2.41. The van der Waals surface area contributed by atoms with Gasteiger partial charge in [0.05, 0.1) is 18.3 Å². The summed E-state index contributed by atoms with van der Waals surface area (Å²) >= 11 is 0. The second-order valence-electron chi connectivity index (χ2n) is 6.39. The third kappa shape index (κ3) is 2.85. The Kier molecular flexibility index (Phi) is 4.03. The van der Waals surface area contributed by atoms with Gasteiger partial charge in [0.25, 0.3) is 0 Å². The summed E-state index contributed by atoms with van der Waals surface area (Å²) in [6.07, 6.45) is 1.55. The average Bonchev–Trinajstić information content (AvgIpc) is 2.33. The Balaban J connectivity index is 2.36. The van der Waals surface area contributed by atoms with Crippen LogP contribution in [-0.2, 0) is 10.3 Å². The first kappa shape index (κ1) is 14.5. The van der Waals surface area contributed by atoms with Crippen molar-refractivity contribution >= 4 is 0 Å². The molecule has 2 atom stereocenters. The molecule has 0 aromatic heterocycles. The first-order chi connectivity index (χ1) is 8.83. The van der Waals surface area contributed by atoms with E-state index in [0.717, 1.165) is 5.56 Å². The number of rotatable bonds is 2. The molecule has 1 heterocycles. The highest BCUT2D eigenvalue weighted by molar-refractivity contribution is 5.40. The molecule has 1 aliphatic heterocycles. The predicted octanol–water partition coefficient (Wildman–Crippen LogP) is 3.63. The lowest BCUT2D eigenvalue weighted by atomic mass is 9.78. The van der Waals surface area contributed by atoms with E-state index in [9.17, 15) is 5.11 Å². The van der Waals surface area contributed by atoms with Gasteiger partial charge in [-0.2, -0.15) is 0 Å². The lowest BCUT2D eigenvalue weighted by molar-refractivity contribution is -0.121. The highest BCUT2D eigenvalue weighted by Gasteiger charge is 2.38. The largest absolute Gasteiger partial charge is 0.385 e. The van der Waals surface area contributed by atoms with Crippen LogP contribution in [0.15, 0.2) is 12.1 Å². The van der Waals surface area contributed by atoms with Crippen LogP contribution in [0.1, 0.15) is 48.9 Å². The lowest BCUT2D eigenvalue weighted by Gasteiger charge is -2.40. The molecule has 0 aliphatic carbocycles. The molecule has 0 amide bonds. The molecular formula is C17H26O2. The SMILES string of the molecule is Cc1cc(C)c(C2(O)CCOC(C(C)C)C2)cc1C. The molecular weight excluding hydrogens is 236 g/mol. The van der Waals surface area contributed by atoms with Crippen molar-refractivity contribution in [3.05, 3.63) is 34.4 Å². The van der Waals surface area contributed by atoms with Crippen LogP contribution in [0.5, 0.6) is 0 Å². The van der Waals surface area contributed by atoms with E-state index in [-0.39, 0.29) is 6.10 Å². The van der Waals surface area contributed by atoms with E-state index < -0.39 is 5.60 Å². The van der Waals surface area contributed by atoms with Crippen molar-refractivity contribution in [1.82, 2.24) is 0 Å². The summed E-state index contributed by atoms with van der Waals surface area (Å²) in [6.45, 7) is 11.3. The number of benzene rings is 1. The minimum absolute atomic E-state index is 0.153. The molecule has 0 bridgehead atoms. The Morgan fingerprint density at radius 3 is 2.42 bits per heavy atom. The van der Waals surface area contributed by atoms with Gasteiger partial charge in [-0.05, 0) is 48.9 Å². The summed E-state index contributed by atoms with van der Waals surface area (Å²) < 4.78 is 5.79. The number of hydrogen-bond acceptors (Lipinski definition) is 2. The van der Waals surface area contributed by atoms with Crippen LogP contribution >= 0.6 is 0 Å². The molecule has 2 rings (SSSR count). The highest BCUT2D eigenvalue weighted by Crippen LogP contribution is 2.38. The molecule has 1 N–H and O–H groups in total. The van der Waals surface area contributed by atoms with Crippen LogP contribution in [-0.4, -0.2) is 17.8 Å². The van der Waals surface area contributed by atoms with Crippen LogP contribution in [0, 0.1) is 26.7 Å². The van der Waals surface area contributed by atoms with Crippen molar-refractivity contribution in [1.29, 1.82) is 0 Å². The van der Waals surface area contributed by atoms with Crippen LogP contribution < -0.4 is 0 Å². The van der Waals surface area contributed by atoms with Crippen molar-refractivity contribution in [2.75, 3.05) is 6.61 Å². The quantitative estimate of drug-likeness (QED) is 0.882. The molecule has 1 aromatic carbocycles. The second kappa shape index (κ2) is 5.26. The Morgan fingerprint density at radius 2 is 1.79 bits per heavy atom. The first-order valence-corrected chi connectivity index (χ1v) is 7.26. The van der Waals surface area contributed by atoms with Crippen molar-refractivity contribution in [2.24, 2.45) is 5.92 Å². The minimum Gasteiger partial charge on any atom is -0.385 e. The molecule has 106 valence electrons. The zero-order valence-electron chi connectivity index (χ0n) is 12.8. The van der Waals surface area contributed by atoms with Crippen LogP contribution in [0.2, 0.25) is 0 Å². The normalized spacial score (nSPS) is 27.8. The van der Waals surface area contributed by atoms with Gasteiger partial charge in [0.15, 0.2) is 0 Å². The summed E-state index contributed by atoms with van der Waals surface area (Å²) in [6, 6.07) is 4.34. The summed E-state index contributed by atoms with van der Waals surface area (Å²) in [4.78, 5) is 0. The number of aryl methyl sites for hydroxylation is 3. The molecule has 19 heavy (non-hydrogen) atoms. The molecule has 2 nitrogen and oxygen atoms in total. The molecule has 2 heteroatoms. The fourth-order valence-electron chi connectivity index (χ4n) is 3.01. The standard InChI is InChI=1S/C17H26O2/c1-11(2)16-10-17(18,6-7-19-16)15-9-13(4)12(3)8-14(15)5/h8-9,11,16,18H,6-7,10H2,1-5H3. The molecule has 2 unspecified atom stereocenters. The van der Waals surface area contributed by atoms with E-state index >= 15 is 0 Å². The van der Waals surface area contributed by atoms with Crippen molar-refractivity contribution in [3.8, 4) is 0 Å². The Hall–Kier alpha value is -0.860. The fourth-order valence-corrected chi connectivity index (χ4v) is 3.01. The third-order valence-electron chi connectivity index (χ3n) is 4.47. The predicted molar refractivity (Wildman–Crippen MR) is 78.4 cm³/mol. The first-order valence-electron chi connectivity index (χ1n) is 7.26. The zero-order valence-corrected chi connectivity index (χ0v) is 12.8. The minimum atomic E-state index is -0.726. The van der Waals surface area contributed by atoms with Gasteiger partial charge in [-0.3, -0.25) is 0 Å². The average molecular weight is 262 g/mol. The summed E-state index contributed by atoms with van der Waals surface area (Å²) in [5.41, 5.74) is 4.09. The van der Waals surface area contributed by atoms with Crippen molar-refractivity contribution in [3.63, 3.8) is 0 Å². The van der Waals surface area contributed by atoms with Crippen molar-refractivity contribution < 1.29 is 9.84 Å². The van der Waals surface area contributed by atoms with Crippen LogP contribution in [0.3, 0.4) is 0 Å². The van der Waals surface area contributed by atoms with Crippen molar-refractivity contribution in [2.45, 2.75) is 59.2 Å². The monoisotopic (exact) mass is 262 g/mol. The fraction of sp³-hybridized carbons (Fsp3) is 0.647. The second-order valence-corrected chi connectivity index (χ2v) is 6.39. The van der Waals surface area contributed by atoms with E-state index in [1.54, 1.807) is 0 Å². The van der Waals surface area contributed by atoms with Gasteiger partial charge < -0.3 is 9.84 Å². The van der Waals surface area contributed by atoms with Gasteiger partial charge >= 0.3 is 0 Å². The van der Waals surface area contributed by atoms with Gasteiger partial charge in [-0.1, -0.05) is 26.0 Å². The van der Waals surface area contributed by atoms with Crippen LogP contribution in [0.4, 0.5) is 0 Å². The van der Waals surface area contributed by atoms with E-state index in [0.29, 0.717) is 25.4 Å². The third-order valence-corrected chi connectivity index (χ3v) is 4.47. The zero-order chi connectivity index (χ0) is 14.2. The van der Waals surface area contributed by atoms with Gasteiger partial charge in [-0.25, -0.2) is 0 Å². The summed E-state index contributed by atoms with van der Waals surface area (Å²) in [5.74, 6) is 0.443. The van der Waals surface area contributed by atoms with Gasteiger partial charge in [0.1, 0.15) is 0 Å². The maximum absolute atomic E-state index is 11.1. The van der Waals surface area contributed by atoms with Gasteiger partial charge in [0.2, 0.25) is 0 Å². The summed E-state index contributed by atoms with van der Waals surface area (Å²) in [7, 11) is 0. The van der Waals surface area contributed by atoms with E-state index in [1.807, 2.05) is 0 Å². The maximum Gasteiger partial charge on any atom is 0.0945 e. The Morgan fingerprint density at radius 1 is 1.16 bits per heavy atom. The number of ether oxygens (including phenoxy) is 1. The molecule has 0 saturated carbocycles. The maximum atomic E-state index is 11.1. The van der Waals surface area contributed by atoms with E-state index in [4.69, 9.17) is 4.74 Å². The number of aliphatic hydroxyl groups is 1. The molecule has 1 aromatic rings. The van der Waals surface area contributed by atoms with Crippen LogP contribution in [0.25, 0.3) is 0 Å². The Labute approximate surface area is 116 Å². The molecule has 1 fully saturated rings. The summed E-state index contributed by atoms with van der Waals surface area (Å²) in [5, 5.41) is 11.1. The van der Waals surface area contributed by atoms with E-state index in [1.165, 1.54) is 16.7 Å². The molecule has 1 aliphatic rings. The van der Waals surface area contributed by atoms with E-state index in [2.05, 4.69) is 46.8 Å². The number of hydrogen-bond donors (Lipinski definition) is 1. The topological polar surface area (TPSA) is 29.5 Å². The molecule has 1 saturated heterocycles. The van der Waals surface area contributed by atoms with Gasteiger partial charge in [-0.15, -0.1) is 0 Å². The molecule has 0 spiro atoms. The smallest absolute Gasteiger partial charge is 0.0945 e. The highest BCUT2D eigenvalue weighted by atomic mass is 16.5. The molecule has 0 radical (unpaired) electrons. The van der Waals surface area contributed by atoms with Gasteiger partial charge in [0, 0.05) is 12.8 Å².